The molecule has 0 aliphatic carbocycles. The third-order valence-electron chi connectivity index (χ3n) is 6.38. The van der Waals surface area contributed by atoms with Crippen molar-refractivity contribution in [3.05, 3.63) is 59.3 Å². The monoisotopic (exact) mass is 471 g/mol. The molecule has 3 heterocycles. The van der Waals surface area contributed by atoms with E-state index in [1.54, 1.807) is 13.1 Å². The van der Waals surface area contributed by atoms with Gasteiger partial charge in [-0.3, -0.25) is 9.59 Å². The maximum Gasteiger partial charge on any atom is 0.254 e. The summed E-state index contributed by atoms with van der Waals surface area (Å²) in [5.74, 6) is -0.946. The molecule has 3 aromatic rings. The molecule has 182 valence electrons. The van der Waals surface area contributed by atoms with Crippen LogP contribution in [0.5, 0.6) is 0 Å². The number of allylic oxidation sites excluding steroid dienone is 1. The Morgan fingerprint density at radius 2 is 1.83 bits per heavy atom. The molecule has 0 saturated carbocycles. The van der Waals surface area contributed by atoms with Gasteiger partial charge in [0.25, 0.3) is 11.8 Å². The normalized spacial score (nSPS) is 16.5. The zero-order valence-electron chi connectivity index (χ0n) is 21.5. The molecule has 1 unspecified atom stereocenters. The van der Waals surface area contributed by atoms with Crippen LogP contribution >= 0.6 is 0 Å². The van der Waals surface area contributed by atoms with Gasteiger partial charge in [-0.1, -0.05) is 50.6 Å². The maximum atomic E-state index is 13.4. The molecule has 4 rings (SSSR count). The topological polar surface area (TPSA) is 89.2 Å². The van der Waals surface area contributed by atoms with Gasteiger partial charge in [-0.25, -0.2) is 14.7 Å². The standard InChI is InChI=1S/C28H33N5O2/c1-16(2)33-25-23(15-30-33)21(26(34)29-14-22-17(3)12-18(4)31-27(22)35)13-24(32-25)19-8-10-20(11-9-19)28(5,6)7/h8-13,15-16,22H,14H2,1-7H3,(H,29,34). The lowest BCUT2D eigenvalue weighted by atomic mass is 9.86. The Labute approximate surface area is 206 Å². The zero-order valence-corrected chi connectivity index (χ0v) is 21.5. The zero-order chi connectivity index (χ0) is 25.5. The van der Waals surface area contributed by atoms with E-state index in [0.717, 1.165) is 11.1 Å². The summed E-state index contributed by atoms with van der Waals surface area (Å²) in [6.45, 7) is 14.5. The predicted molar refractivity (Wildman–Crippen MR) is 140 cm³/mol. The van der Waals surface area contributed by atoms with Crippen LogP contribution in [0, 0.1) is 5.92 Å². The van der Waals surface area contributed by atoms with Crippen molar-refractivity contribution in [2.45, 2.75) is 59.9 Å². The molecule has 0 radical (unpaired) electrons. The van der Waals surface area contributed by atoms with Crippen molar-refractivity contribution >= 4 is 28.6 Å². The van der Waals surface area contributed by atoms with Crippen LogP contribution in [0.1, 0.15) is 70.4 Å². The molecular weight excluding hydrogens is 438 g/mol. The van der Waals surface area contributed by atoms with E-state index in [0.29, 0.717) is 28.0 Å². The van der Waals surface area contributed by atoms with E-state index in [4.69, 9.17) is 4.98 Å². The van der Waals surface area contributed by atoms with Crippen LogP contribution in [-0.2, 0) is 10.2 Å². The second-order valence-electron chi connectivity index (χ2n) is 10.5. The van der Waals surface area contributed by atoms with Gasteiger partial charge in [0.05, 0.1) is 28.8 Å². The van der Waals surface area contributed by atoms with Crippen LogP contribution in [0.25, 0.3) is 22.3 Å². The van der Waals surface area contributed by atoms with Crippen LogP contribution in [0.4, 0.5) is 0 Å². The number of aliphatic imine (C=N–C) groups is 1. The van der Waals surface area contributed by atoms with Gasteiger partial charge in [-0.2, -0.15) is 5.10 Å². The van der Waals surface area contributed by atoms with E-state index in [9.17, 15) is 9.59 Å². The van der Waals surface area contributed by atoms with Gasteiger partial charge >= 0.3 is 0 Å². The first kappa shape index (κ1) is 24.5. The van der Waals surface area contributed by atoms with Crippen molar-refractivity contribution in [3.8, 4) is 11.3 Å². The summed E-state index contributed by atoms with van der Waals surface area (Å²) in [6, 6.07) is 10.2. The Kier molecular flexibility index (Phi) is 6.45. The summed E-state index contributed by atoms with van der Waals surface area (Å²) >= 11 is 0. The first-order valence-corrected chi connectivity index (χ1v) is 12.0. The molecule has 0 spiro atoms. The number of benzene rings is 1. The number of nitrogens with zero attached hydrogens (tertiary/aromatic N) is 4. The number of fused-ring (bicyclic) bond motifs is 1. The number of carbonyl (C=O) groups is 2. The fraction of sp³-hybridized carbons (Fsp3) is 0.393. The van der Waals surface area contributed by atoms with E-state index in [-0.39, 0.29) is 29.8 Å². The Balaban J connectivity index is 1.71. The Morgan fingerprint density at radius 1 is 1.14 bits per heavy atom. The molecule has 1 aliphatic rings. The molecule has 1 atom stereocenters. The quantitative estimate of drug-likeness (QED) is 0.549. The summed E-state index contributed by atoms with van der Waals surface area (Å²) in [5.41, 5.74) is 5.64. The summed E-state index contributed by atoms with van der Waals surface area (Å²) in [7, 11) is 0. The van der Waals surface area contributed by atoms with E-state index in [2.05, 4.69) is 48.3 Å². The Bertz CT molecular complexity index is 1350. The van der Waals surface area contributed by atoms with E-state index < -0.39 is 5.92 Å². The van der Waals surface area contributed by atoms with Crippen molar-refractivity contribution in [2.24, 2.45) is 10.9 Å². The van der Waals surface area contributed by atoms with Crippen LogP contribution < -0.4 is 5.32 Å². The van der Waals surface area contributed by atoms with Crippen LogP contribution in [-0.4, -0.2) is 38.8 Å². The first-order chi connectivity index (χ1) is 16.5. The molecule has 1 N–H and O–H groups in total. The van der Waals surface area contributed by atoms with Crippen LogP contribution in [0.3, 0.4) is 0 Å². The molecular formula is C28H33N5O2. The van der Waals surface area contributed by atoms with Gasteiger partial charge in [0.2, 0.25) is 0 Å². The molecule has 1 aliphatic heterocycles. The van der Waals surface area contributed by atoms with E-state index in [1.165, 1.54) is 5.56 Å². The largest absolute Gasteiger partial charge is 0.351 e. The molecule has 2 amide bonds. The molecule has 0 saturated heterocycles. The van der Waals surface area contributed by atoms with Crippen molar-refractivity contribution in [1.29, 1.82) is 0 Å². The SMILES string of the molecule is CC1=CC(C)=NC(=O)C1CNC(=O)c1cc(-c2ccc(C(C)(C)C)cc2)nc2c1cnn2C(C)C. The van der Waals surface area contributed by atoms with Crippen molar-refractivity contribution in [1.82, 2.24) is 20.1 Å². The number of amides is 2. The third kappa shape index (κ3) is 4.94. The van der Waals surface area contributed by atoms with Gasteiger partial charge in [0, 0.05) is 23.9 Å². The third-order valence-corrected chi connectivity index (χ3v) is 6.38. The highest BCUT2D eigenvalue weighted by Gasteiger charge is 2.25. The highest BCUT2D eigenvalue weighted by Crippen LogP contribution is 2.29. The lowest BCUT2D eigenvalue weighted by Gasteiger charge is -2.19. The lowest BCUT2D eigenvalue weighted by Crippen LogP contribution is -2.34. The number of carbonyl (C=O) groups excluding carboxylic acids is 2. The smallest absolute Gasteiger partial charge is 0.254 e. The van der Waals surface area contributed by atoms with Crippen molar-refractivity contribution < 1.29 is 9.59 Å². The first-order valence-electron chi connectivity index (χ1n) is 12.0. The number of dihydropyridines is 1. The highest BCUT2D eigenvalue weighted by molar-refractivity contribution is 6.08. The molecule has 7 heteroatoms. The summed E-state index contributed by atoms with van der Waals surface area (Å²) in [4.78, 5) is 34.7. The number of nitrogens with one attached hydrogen (secondary N) is 1. The van der Waals surface area contributed by atoms with Gasteiger partial charge in [0.15, 0.2) is 5.65 Å². The Morgan fingerprint density at radius 3 is 2.43 bits per heavy atom. The Hall–Kier alpha value is -3.61. The average molecular weight is 472 g/mol. The maximum absolute atomic E-state index is 13.4. The molecule has 2 aromatic heterocycles. The summed E-state index contributed by atoms with van der Waals surface area (Å²) in [6.07, 6.45) is 3.57. The number of rotatable bonds is 5. The van der Waals surface area contributed by atoms with Gasteiger partial charge in [-0.15, -0.1) is 0 Å². The summed E-state index contributed by atoms with van der Waals surface area (Å²) in [5, 5.41) is 8.13. The highest BCUT2D eigenvalue weighted by atomic mass is 16.2. The second kappa shape index (κ2) is 9.21. The van der Waals surface area contributed by atoms with Crippen molar-refractivity contribution in [2.75, 3.05) is 6.54 Å². The molecule has 35 heavy (non-hydrogen) atoms. The fourth-order valence-electron chi connectivity index (χ4n) is 4.32. The second-order valence-corrected chi connectivity index (χ2v) is 10.5. The van der Waals surface area contributed by atoms with Gasteiger partial charge in [0.1, 0.15) is 0 Å². The van der Waals surface area contributed by atoms with Gasteiger partial charge < -0.3 is 5.32 Å². The predicted octanol–water partition coefficient (Wildman–Crippen LogP) is 5.27. The number of hydrogen-bond donors (Lipinski definition) is 1. The number of aromatic nitrogens is 3. The van der Waals surface area contributed by atoms with E-state index >= 15 is 0 Å². The average Bonchev–Trinajstić information content (AvgIpc) is 3.21. The molecule has 0 fully saturated rings. The fourth-order valence-corrected chi connectivity index (χ4v) is 4.32. The lowest BCUT2D eigenvalue weighted by molar-refractivity contribution is -0.120. The van der Waals surface area contributed by atoms with Gasteiger partial charge in [-0.05, 0) is 50.8 Å². The molecule has 0 bridgehead atoms. The van der Waals surface area contributed by atoms with Crippen LogP contribution in [0.15, 0.2) is 53.2 Å². The molecule has 7 nitrogen and oxygen atoms in total. The van der Waals surface area contributed by atoms with E-state index in [1.807, 2.05) is 49.7 Å². The summed E-state index contributed by atoms with van der Waals surface area (Å²) < 4.78 is 1.83. The minimum absolute atomic E-state index is 0.0446. The number of hydrogen-bond acceptors (Lipinski definition) is 4. The van der Waals surface area contributed by atoms with Crippen LogP contribution in [0.2, 0.25) is 0 Å². The van der Waals surface area contributed by atoms with Crippen molar-refractivity contribution in [3.63, 3.8) is 0 Å². The minimum Gasteiger partial charge on any atom is -0.351 e. The number of pyridine rings is 1. The molecule has 1 aromatic carbocycles. The minimum atomic E-state index is -0.456.